The first-order chi connectivity index (χ1) is 14.9. The first kappa shape index (κ1) is 21.3. The highest BCUT2D eigenvalue weighted by Crippen LogP contribution is 2.33. The third-order valence-corrected chi connectivity index (χ3v) is 7.54. The van der Waals surface area contributed by atoms with Gasteiger partial charge >= 0.3 is 0 Å². The van der Waals surface area contributed by atoms with Crippen LogP contribution >= 0.6 is 22.9 Å². The maximum atomic E-state index is 13.6. The molecule has 2 aromatic heterocycles. The van der Waals surface area contributed by atoms with Crippen LogP contribution in [0, 0.1) is 0 Å². The first-order valence-corrected chi connectivity index (χ1v) is 11.7. The third-order valence-electron chi connectivity index (χ3n) is 4.62. The van der Waals surface area contributed by atoms with Crippen molar-refractivity contribution in [3.05, 3.63) is 64.9 Å². The summed E-state index contributed by atoms with van der Waals surface area (Å²) in [5, 5.41) is 11.1. The van der Waals surface area contributed by atoms with E-state index in [0.29, 0.717) is 33.0 Å². The van der Waals surface area contributed by atoms with E-state index in [0.717, 1.165) is 0 Å². The average molecular weight is 477 g/mol. The second kappa shape index (κ2) is 8.66. The molecule has 0 unspecified atom stereocenters. The quantitative estimate of drug-likeness (QED) is 0.395. The molecule has 0 bridgehead atoms. The van der Waals surface area contributed by atoms with Gasteiger partial charge in [-0.05, 0) is 30.3 Å². The van der Waals surface area contributed by atoms with Crippen molar-refractivity contribution in [2.75, 3.05) is 18.5 Å². The number of sulfonamides is 1. The lowest BCUT2D eigenvalue weighted by molar-refractivity contribution is 0.391. The summed E-state index contributed by atoms with van der Waals surface area (Å²) in [6, 6.07) is 9.87. The summed E-state index contributed by atoms with van der Waals surface area (Å²) >= 11 is 7.29. The van der Waals surface area contributed by atoms with E-state index in [4.69, 9.17) is 21.1 Å². The van der Waals surface area contributed by atoms with Crippen LogP contribution in [0.25, 0.3) is 10.8 Å². The zero-order chi connectivity index (χ0) is 22.0. The van der Waals surface area contributed by atoms with Crippen LogP contribution in [0.5, 0.6) is 11.5 Å². The molecule has 4 aromatic rings. The topological polar surface area (TPSA) is 94.5 Å². The number of methoxy groups -OCH3 is 2. The SMILES string of the molecule is COc1ccc(CN(c2nccs2)S(=O)(=O)c2ccc3c(Cl)nncc3c2)c(OC)c1. The molecule has 0 radical (unpaired) electrons. The second-order valence-electron chi connectivity index (χ2n) is 6.39. The molecule has 0 N–H and O–H groups in total. The van der Waals surface area contributed by atoms with Gasteiger partial charge < -0.3 is 9.47 Å². The van der Waals surface area contributed by atoms with E-state index in [-0.39, 0.29) is 16.6 Å². The summed E-state index contributed by atoms with van der Waals surface area (Å²) in [4.78, 5) is 4.32. The van der Waals surface area contributed by atoms with Crippen molar-refractivity contribution in [3.8, 4) is 11.5 Å². The number of ether oxygens (including phenoxy) is 2. The molecule has 0 fully saturated rings. The molecule has 0 saturated carbocycles. The van der Waals surface area contributed by atoms with Crippen molar-refractivity contribution in [3.63, 3.8) is 0 Å². The van der Waals surface area contributed by atoms with Gasteiger partial charge in [0.1, 0.15) is 11.5 Å². The van der Waals surface area contributed by atoms with E-state index in [2.05, 4.69) is 15.2 Å². The number of aromatic nitrogens is 3. The molecule has 160 valence electrons. The molecule has 0 amide bonds. The maximum Gasteiger partial charge on any atom is 0.266 e. The van der Waals surface area contributed by atoms with E-state index >= 15 is 0 Å². The van der Waals surface area contributed by atoms with Gasteiger partial charge in [0.15, 0.2) is 10.3 Å². The molecular weight excluding hydrogens is 460 g/mol. The van der Waals surface area contributed by atoms with Crippen LogP contribution in [-0.2, 0) is 16.6 Å². The minimum absolute atomic E-state index is 0.0242. The Bertz CT molecular complexity index is 1330. The number of nitrogens with zero attached hydrogens (tertiary/aromatic N) is 4. The number of hydrogen-bond acceptors (Lipinski definition) is 8. The Morgan fingerprint density at radius 3 is 2.68 bits per heavy atom. The molecule has 2 aromatic carbocycles. The molecule has 11 heteroatoms. The minimum atomic E-state index is -3.96. The van der Waals surface area contributed by atoms with Crippen LogP contribution in [0.4, 0.5) is 5.13 Å². The average Bonchev–Trinajstić information content (AvgIpc) is 3.31. The number of fused-ring (bicyclic) bond motifs is 1. The Hall–Kier alpha value is -2.95. The van der Waals surface area contributed by atoms with Gasteiger partial charge in [-0.3, -0.25) is 0 Å². The van der Waals surface area contributed by atoms with Crippen LogP contribution in [0.1, 0.15) is 5.56 Å². The van der Waals surface area contributed by atoms with Crippen LogP contribution in [-0.4, -0.2) is 37.8 Å². The second-order valence-corrected chi connectivity index (χ2v) is 9.48. The third kappa shape index (κ3) is 4.14. The molecule has 31 heavy (non-hydrogen) atoms. The van der Waals surface area contributed by atoms with Crippen molar-refractivity contribution < 1.29 is 17.9 Å². The Labute approximate surface area is 188 Å². The summed E-state index contributed by atoms with van der Waals surface area (Å²) in [5.41, 5.74) is 0.664. The Balaban J connectivity index is 1.80. The van der Waals surface area contributed by atoms with Crippen molar-refractivity contribution in [1.82, 2.24) is 15.2 Å². The fourth-order valence-corrected chi connectivity index (χ4v) is 5.57. The molecule has 0 aliphatic carbocycles. The number of benzene rings is 2. The van der Waals surface area contributed by atoms with Gasteiger partial charge in [0.05, 0.1) is 31.9 Å². The molecule has 0 aliphatic rings. The number of anilines is 1. The fourth-order valence-electron chi connectivity index (χ4n) is 3.05. The Morgan fingerprint density at radius 1 is 1.13 bits per heavy atom. The van der Waals surface area contributed by atoms with Crippen LogP contribution < -0.4 is 13.8 Å². The van der Waals surface area contributed by atoms with Crippen LogP contribution in [0.3, 0.4) is 0 Å². The summed E-state index contributed by atoms with van der Waals surface area (Å²) in [7, 11) is -0.889. The predicted molar refractivity (Wildman–Crippen MR) is 120 cm³/mol. The van der Waals surface area contributed by atoms with Crippen molar-refractivity contribution in [2.45, 2.75) is 11.4 Å². The maximum absolute atomic E-state index is 13.6. The highest BCUT2D eigenvalue weighted by atomic mass is 35.5. The van der Waals surface area contributed by atoms with Gasteiger partial charge in [-0.2, -0.15) is 5.10 Å². The van der Waals surface area contributed by atoms with Crippen LogP contribution in [0.2, 0.25) is 5.15 Å². The largest absolute Gasteiger partial charge is 0.497 e. The van der Waals surface area contributed by atoms with E-state index in [1.165, 1.54) is 41.1 Å². The Kier molecular flexibility index (Phi) is 5.94. The molecule has 0 aliphatic heterocycles. The zero-order valence-corrected chi connectivity index (χ0v) is 18.9. The van der Waals surface area contributed by atoms with Crippen molar-refractivity contribution in [1.29, 1.82) is 0 Å². The summed E-state index contributed by atoms with van der Waals surface area (Å²) in [6.45, 7) is 0.0242. The lowest BCUT2D eigenvalue weighted by atomic mass is 10.2. The lowest BCUT2D eigenvalue weighted by Gasteiger charge is -2.23. The molecule has 0 spiro atoms. The molecule has 8 nitrogen and oxygen atoms in total. The normalized spacial score (nSPS) is 11.5. The smallest absolute Gasteiger partial charge is 0.266 e. The van der Waals surface area contributed by atoms with Gasteiger partial charge in [-0.1, -0.05) is 11.6 Å². The minimum Gasteiger partial charge on any atom is -0.497 e. The van der Waals surface area contributed by atoms with Crippen molar-refractivity contribution in [2.24, 2.45) is 0 Å². The summed E-state index contributed by atoms with van der Waals surface area (Å²) < 4.78 is 39.2. The van der Waals surface area contributed by atoms with Gasteiger partial charge in [-0.25, -0.2) is 17.7 Å². The molecular formula is C20H17ClN4O4S2. The van der Waals surface area contributed by atoms with E-state index < -0.39 is 10.0 Å². The zero-order valence-electron chi connectivity index (χ0n) is 16.5. The van der Waals surface area contributed by atoms with Gasteiger partial charge in [0, 0.05) is 34.0 Å². The predicted octanol–water partition coefficient (Wildman–Crippen LogP) is 4.15. The molecule has 2 heterocycles. The monoisotopic (exact) mass is 476 g/mol. The number of rotatable bonds is 7. The number of hydrogen-bond donors (Lipinski definition) is 0. The highest BCUT2D eigenvalue weighted by molar-refractivity contribution is 7.93. The van der Waals surface area contributed by atoms with Crippen LogP contribution in [0.15, 0.2) is 59.1 Å². The van der Waals surface area contributed by atoms with Crippen molar-refractivity contribution >= 4 is 48.9 Å². The van der Waals surface area contributed by atoms with Gasteiger partial charge in [0.25, 0.3) is 10.0 Å². The standard InChI is InChI=1S/C20H17ClN4O4S2/c1-28-15-4-3-13(18(10-15)29-2)12-25(20-22-7-8-30-20)31(26,27)16-5-6-17-14(9-16)11-23-24-19(17)21/h3-11H,12H2,1-2H3. The van der Waals surface area contributed by atoms with E-state index in [9.17, 15) is 8.42 Å². The van der Waals surface area contributed by atoms with Gasteiger partial charge in [-0.15, -0.1) is 16.4 Å². The number of thiazole rings is 1. The molecule has 0 atom stereocenters. The van der Waals surface area contributed by atoms with E-state index in [1.54, 1.807) is 43.0 Å². The van der Waals surface area contributed by atoms with Gasteiger partial charge in [0.2, 0.25) is 0 Å². The summed E-state index contributed by atoms with van der Waals surface area (Å²) in [5.74, 6) is 1.12. The first-order valence-electron chi connectivity index (χ1n) is 8.98. The fraction of sp³-hybridized carbons (Fsp3) is 0.150. The number of halogens is 1. The molecule has 0 saturated heterocycles. The summed E-state index contributed by atoms with van der Waals surface area (Å²) in [6.07, 6.45) is 3.03. The Morgan fingerprint density at radius 2 is 1.97 bits per heavy atom. The highest BCUT2D eigenvalue weighted by Gasteiger charge is 2.28. The van der Waals surface area contributed by atoms with E-state index in [1.807, 2.05) is 0 Å². The molecule has 4 rings (SSSR count). The lowest BCUT2D eigenvalue weighted by Crippen LogP contribution is -2.30.